The van der Waals surface area contributed by atoms with Gasteiger partial charge in [-0.25, -0.2) is 4.68 Å². The zero-order chi connectivity index (χ0) is 17.8. The van der Waals surface area contributed by atoms with Crippen molar-refractivity contribution in [1.82, 2.24) is 14.7 Å². The van der Waals surface area contributed by atoms with E-state index in [1.165, 1.54) is 16.8 Å². The van der Waals surface area contributed by atoms with E-state index in [-0.39, 0.29) is 23.7 Å². The molecule has 2 heterocycles. The first-order valence-electron chi connectivity index (χ1n) is 8.66. The van der Waals surface area contributed by atoms with Crippen LogP contribution >= 0.6 is 0 Å². The van der Waals surface area contributed by atoms with E-state index in [0.29, 0.717) is 25.3 Å². The summed E-state index contributed by atoms with van der Waals surface area (Å²) in [5.41, 5.74) is 1.17. The second kappa shape index (κ2) is 7.61. The van der Waals surface area contributed by atoms with Crippen LogP contribution < -0.4 is 5.56 Å². The predicted molar refractivity (Wildman–Crippen MR) is 94.4 cm³/mol. The Balaban J connectivity index is 1.81. The number of amides is 1. The summed E-state index contributed by atoms with van der Waals surface area (Å²) in [5.74, 6) is -0.166. The summed E-state index contributed by atoms with van der Waals surface area (Å²) in [5, 5.41) is 4.23. The molecule has 2 aromatic rings. The van der Waals surface area contributed by atoms with Crippen LogP contribution in [0.5, 0.6) is 0 Å². The lowest BCUT2D eigenvalue weighted by molar-refractivity contribution is -0.0693. The van der Waals surface area contributed by atoms with Crippen molar-refractivity contribution in [3.8, 4) is 0 Å². The summed E-state index contributed by atoms with van der Waals surface area (Å²) in [7, 11) is 0. The highest BCUT2D eigenvalue weighted by molar-refractivity contribution is 5.92. The Morgan fingerprint density at radius 2 is 1.96 bits per heavy atom. The summed E-state index contributed by atoms with van der Waals surface area (Å²) >= 11 is 0. The fraction of sp³-hybridized carbons (Fsp3) is 0.421. The highest BCUT2D eigenvalue weighted by Gasteiger charge is 2.30. The molecule has 132 valence electrons. The lowest BCUT2D eigenvalue weighted by atomic mass is 10.1. The van der Waals surface area contributed by atoms with E-state index in [2.05, 4.69) is 5.10 Å². The van der Waals surface area contributed by atoms with Gasteiger partial charge in [-0.15, -0.1) is 0 Å². The Kier molecular flexibility index (Phi) is 5.28. The van der Waals surface area contributed by atoms with Crippen LogP contribution in [0.2, 0.25) is 0 Å². The molecule has 0 unspecified atom stereocenters. The number of morpholine rings is 1. The number of nitrogens with zero attached hydrogens (tertiary/aromatic N) is 3. The summed E-state index contributed by atoms with van der Waals surface area (Å²) in [4.78, 5) is 26.4. The number of carbonyl (C=O) groups is 1. The molecular weight excluding hydrogens is 318 g/mol. The maximum absolute atomic E-state index is 12.9. The third-order valence-corrected chi connectivity index (χ3v) is 4.24. The molecule has 0 aliphatic carbocycles. The van der Waals surface area contributed by atoms with Gasteiger partial charge < -0.3 is 9.64 Å². The quantitative estimate of drug-likeness (QED) is 0.856. The topological polar surface area (TPSA) is 64.4 Å². The van der Waals surface area contributed by atoms with Crippen LogP contribution in [0.1, 0.15) is 42.4 Å². The number of benzene rings is 1. The fourth-order valence-electron chi connectivity index (χ4n) is 3.07. The number of hydrogen-bond donors (Lipinski definition) is 0. The molecule has 6 heteroatoms. The molecule has 0 bridgehead atoms. The van der Waals surface area contributed by atoms with E-state index in [9.17, 15) is 9.59 Å². The average Bonchev–Trinajstić information content (AvgIpc) is 2.63. The number of hydrogen-bond acceptors (Lipinski definition) is 4. The van der Waals surface area contributed by atoms with Gasteiger partial charge in [0.05, 0.1) is 12.6 Å². The van der Waals surface area contributed by atoms with Crippen LogP contribution in [-0.4, -0.2) is 39.8 Å². The molecule has 1 amide bonds. The molecule has 0 N–H and O–H groups in total. The largest absolute Gasteiger partial charge is 0.367 e. The predicted octanol–water partition coefficient (Wildman–Crippen LogP) is 2.26. The van der Waals surface area contributed by atoms with Crippen LogP contribution in [0.25, 0.3) is 0 Å². The Morgan fingerprint density at radius 1 is 1.20 bits per heavy atom. The molecule has 1 saturated heterocycles. The highest BCUT2D eigenvalue weighted by Crippen LogP contribution is 2.25. The Bertz CT molecular complexity index is 788. The molecule has 0 spiro atoms. The van der Waals surface area contributed by atoms with Gasteiger partial charge in [-0.1, -0.05) is 37.3 Å². The molecule has 1 aliphatic rings. The summed E-state index contributed by atoms with van der Waals surface area (Å²) < 4.78 is 7.35. The number of rotatable bonds is 4. The zero-order valence-electron chi connectivity index (χ0n) is 14.6. The number of carbonyl (C=O) groups excluding carboxylic acids is 1. The normalized spacial score (nSPS) is 20.5. The first-order valence-corrected chi connectivity index (χ1v) is 8.66. The molecule has 1 aromatic carbocycles. The van der Waals surface area contributed by atoms with Crippen molar-refractivity contribution in [3.63, 3.8) is 0 Å². The van der Waals surface area contributed by atoms with Crippen LogP contribution in [-0.2, 0) is 11.3 Å². The number of aromatic nitrogens is 2. The lowest BCUT2D eigenvalue weighted by Gasteiger charge is -2.36. The summed E-state index contributed by atoms with van der Waals surface area (Å²) in [6.07, 6.45) is 0.565. The molecule has 6 nitrogen and oxygen atoms in total. The van der Waals surface area contributed by atoms with Crippen LogP contribution in [0.15, 0.2) is 47.3 Å². The number of aryl methyl sites for hydroxylation is 1. The minimum absolute atomic E-state index is 0.0653. The van der Waals surface area contributed by atoms with Crippen LogP contribution in [0, 0.1) is 0 Å². The van der Waals surface area contributed by atoms with Gasteiger partial charge in [0.1, 0.15) is 11.8 Å². The fourth-order valence-corrected chi connectivity index (χ4v) is 3.07. The molecule has 0 radical (unpaired) electrons. The molecular formula is C19H23N3O3. The van der Waals surface area contributed by atoms with Gasteiger partial charge in [0.15, 0.2) is 0 Å². The number of ether oxygens (including phenoxy) is 1. The highest BCUT2D eigenvalue weighted by atomic mass is 16.5. The average molecular weight is 341 g/mol. The standard InChI is InChI=1S/C19H23N3O3/c1-3-11-22-18(23)10-9-16(20-22)19(24)21-12-14(2)25-17(13-21)15-7-5-4-6-8-15/h4-10,14,17H,3,11-13H2,1-2H3/t14-,17-/m1/s1. The van der Waals surface area contributed by atoms with Gasteiger partial charge in [-0.05, 0) is 25.0 Å². The SMILES string of the molecule is CCCn1nc(C(=O)N2C[C@@H](C)O[C@@H](c3ccccc3)C2)ccc1=O. The molecule has 1 aromatic heterocycles. The first kappa shape index (κ1) is 17.4. The van der Waals surface area contributed by atoms with E-state index in [1.54, 1.807) is 4.90 Å². The van der Waals surface area contributed by atoms with Crippen LogP contribution in [0.3, 0.4) is 0 Å². The Morgan fingerprint density at radius 3 is 2.68 bits per heavy atom. The molecule has 1 aliphatic heterocycles. The zero-order valence-corrected chi connectivity index (χ0v) is 14.6. The van der Waals surface area contributed by atoms with E-state index in [1.807, 2.05) is 44.2 Å². The van der Waals surface area contributed by atoms with E-state index in [4.69, 9.17) is 4.74 Å². The van der Waals surface area contributed by atoms with Crippen LogP contribution in [0.4, 0.5) is 0 Å². The second-order valence-corrected chi connectivity index (χ2v) is 6.34. The minimum Gasteiger partial charge on any atom is -0.367 e. The molecule has 3 rings (SSSR count). The minimum atomic E-state index is -0.184. The van der Waals surface area contributed by atoms with E-state index < -0.39 is 0 Å². The molecule has 2 atom stereocenters. The molecule has 0 saturated carbocycles. The Labute approximate surface area is 147 Å². The van der Waals surface area contributed by atoms with E-state index in [0.717, 1.165) is 12.0 Å². The van der Waals surface area contributed by atoms with Crippen molar-refractivity contribution >= 4 is 5.91 Å². The van der Waals surface area contributed by atoms with Gasteiger partial charge in [-0.3, -0.25) is 9.59 Å². The third kappa shape index (κ3) is 3.96. The van der Waals surface area contributed by atoms with E-state index >= 15 is 0 Å². The maximum atomic E-state index is 12.9. The molecule has 25 heavy (non-hydrogen) atoms. The van der Waals surface area contributed by atoms with Crippen molar-refractivity contribution in [1.29, 1.82) is 0 Å². The first-order chi connectivity index (χ1) is 12.1. The summed E-state index contributed by atoms with van der Waals surface area (Å²) in [6, 6.07) is 12.8. The Hall–Kier alpha value is -2.47. The smallest absolute Gasteiger partial charge is 0.274 e. The van der Waals surface area contributed by atoms with Gasteiger partial charge >= 0.3 is 0 Å². The van der Waals surface area contributed by atoms with Crippen molar-refractivity contribution in [3.05, 3.63) is 64.1 Å². The van der Waals surface area contributed by atoms with Crippen molar-refractivity contribution in [2.45, 2.75) is 39.0 Å². The second-order valence-electron chi connectivity index (χ2n) is 6.34. The molecule has 1 fully saturated rings. The monoisotopic (exact) mass is 341 g/mol. The van der Waals surface area contributed by atoms with Gasteiger partial charge in [0, 0.05) is 19.2 Å². The van der Waals surface area contributed by atoms with Gasteiger partial charge in [-0.2, -0.15) is 5.10 Å². The lowest BCUT2D eigenvalue weighted by Crippen LogP contribution is -2.46. The summed E-state index contributed by atoms with van der Waals surface area (Å²) in [6.45, 7) is 5.42. The van der Waals surface area contributed by atoms with Gasteiger partial charge in [0.25, 0.3) is 11.5 Å². The van der Waals surface area contributed by atoms with Gasteiger partial charge in [0.2, 0.25) is 0 Å². The van der Waals surface area contributed by atoms with Crippen molar-refractivity contribution in [2.24, 2.45) is 0 Å². The van der Waals surface area contributed by atoms with Crippen molar-refractivity contribution < 1.29 is 9.53 Å². The third-order valence-electron chi connectivity index (χ3n) is 4.24. The van der Waals surface area contributed by atoms with Crippen molar-refractivity contribution in [2.75, 3.05) is 13.1 Å². The maximum Gasteiger partial charge on any atom is 0.274 e.